The molecule has 2 rings (SSSR count). The Balaban J connectivity index is 2.14. The van der Waals surface area contributed by atoms with Gasteiger partial charge in [-0.25, -0.2) is 0 Å². The zero-order valence-electron chi connectivity index (χ0n) is 12.3. The third-order valence-corrected chi connectivity index (χ3v) is 3.70. The molecule has 0 aromatic heterocycles. The van der Waals surface area contributed by atoms with E-state index >= 15 is 0 Å². The van der Waals surface area contributed by atoms with Crippen molar-refractivity contribution in [3.63, 3.8) is 0 Å². The summed E-state index contributed by atoms with van der Waals surface area (Å²) in [5, 5.41) is 9.05. The Kier molecular flexibility index (Phi) is 5.14. The zero-order chi connectivity index (χ0) is 15.2. The molecule has 0 saturated carbocycles. The smallest absolute Gasteiger partial charge is 0.323 e. The monoisotopic (exact) mass is 287 g/mol. The van der Waals surface area contributed by atoms with Crippen LogP contribution >= 0.6 is 0 Å². The molecule has 0 radical (unpaired) electrons. The molecule has 1 aliphatic carbocycles. The lowest BCUT2D eigenvalue weighted by Gasteiger charge is -2.22. The van der Waals surface area contributed by atoms with Gasteiger partial charge in [-0.2, -0.15) is 0 Å². The molecule has 0 bridgehead atoms. The van der Waals surface area contributed by atoms with Crippen LogP contribution in [-0.4, -0.2) is 23.5 Å². The van der Waals surface area contributed by atoms with E-state index in [0.29, 0.717) is 12.1 Å². The summed E-state index contributed by atoms with van der Waals surface area (Å²) in [5.41, 5.74) is 2.86. The predicted molar refractivity (Wildman–Crippen MR) is 82.3 cm³/mol. The summed E-state index contributed by atoms with van der Waals surface area (Å²) in [6, 6.07) is 7.37. The normalized spacial score (nSPS) is 14.4. The number of hydrogen-bond donors (Lipinski definition) is 1. The van der Waals surface area contributed by atoms with Crippen molar-refractivity contribution in [2.45, 2.75) is 39.0 Å². The molecule has 0 atom stereocenters. The van der Waals surface area contributed by atoms with Gasteiger partial charge in [0.25, 0.3) is 0 Å². The summed E-state index contributed by atoms with van der Waals surface area (Å²) in [5.74, 6) is -1.14. The molecule has 1 aromatic rings. The van der Waals surface area contributed by atoms with Crippen molar-refractivity contribution in [1.82, 2.24) is 0 Å². The van der Waals surface area contributed by atoms with Crippen molar-refractivity contribution in [3.8, 4) is 0 Å². The molecule has 0 heterocycles. The number of aliphatic carboxylic acids is 1. The van der Waals surface area contributed by atoms with E-state index in [4.69, 9.17) is 5.11 Å². The standard InChI is InChI=1S/C17H21NO3/c1-13-7-9-15(10-8-13)18(12-17(20)21)16(19)11-14-5-3-2-4-6-14/h5,7-10H,2-4,6,11-12H2,1H3,(H,20,21). The Hall–Kier alpha value is -2.10. The Labute approximate surface area is 125 Å². The van der Waals surface area contributed by atoms with Crippen LogP contribution in [0.2, 0.25) is 0 Å². The predicted octanol–water partition coefficient (Wildman–Crippen LogP) is 3.30. The highest BCUT2D eigenvalue weighted by Gasteiger charge is 2.20. The number of carboxylic acid groups (broad SMARTS) is 1. The minimum Gasteiger partial charge on any atom is -0.480 e. The van der Waals surface area contributed by atoms with E-state index < -0.39 is 5.97 Å². The molecule has 0 spiro atoms. The number of carboxylic acids is 1. The van der Waals surface area contributed by atoms with Crippen LogP contribution in [0.25, 0.3) is 0 Å². The van der Waals surface area contributed by atoms with Crippen LogP contribution in [0.3, 0.4) is 0 Å². The fraction of sp³-hybridized carbons (Fsp3) is 0.412. The number of nitrogens with zero attached hydrogens (tertiary/aromatic N) is 1. The number of amides is 1. The van der Waals surface area contributed by atoms with Crippen molar-refractivity contribution >= 4 is 17.6 Å². The molecule has 21 heavy (non-hydrogen) atoms. The summed E-state index contributed by atoms with van der Waals surface area (Å²) in [6.07, 6.45) is 6.69. The molecule has 0 fully saturated rings. The first-order chi connectivity index (χ1) is 10.1. The van der Waals surface area contributed by atoms with Crippen LogP contribution in [0, 0.1) is 6.92 Å². The number of aryl methyl sites for hydroxylation is 1. The van der Waals surface area contributed by atoms with E-state index in [2.05, 4.69) is 6.08 Å². The van der Waals surface area contributed by atoms with Crippen molar-refractivity contribution in [2.24, 2.45) is 0 Å². The lowest BCUT2D eigenvalue weighted by Crippen LogP contribution is -2.35. The average molecular weight is 287 g/mol. The number of carbonyl (C=O) groups excluding carboxylic acids is 1. The van der Waals surface area contributed by atoms with Crippen molar-refractivity contribution < 1.29 is 14.7 Å². The van der Waals surface area contributed by atoms with Gasteiger partial charge in [0.1, 0.15) is 6.54 Å². The largest absolute Gasteiger partial charge is 0.480 e. The van der Waals surface area contributed by atoms with Crippen LogP contribution in [0.4, 0.5) is 5.69 Å². The van der Waals surface area contributed by atoms with Gasteiger partial charge in [0.2, 0.25) is 5.91 Å². The number of hydrogen-bond acceptors (Lipinski definition) is 2. The fourth-order valence-electron chi connectivity index (χ4n) is 2.54. The number of anilines is 1. The number of benzene rings is 1. The van der Waals surface area contributed by atoms with Crippen LogP contribution in [0.1, 0.15) is 37.7 Å². The molecule has 112 valence electrons. The second kappa shape index (κ2) is 7.07. The quantitative estimate of drug-likeness (QED) is 0.845. The molecule has 1 aliphatic rings. The lowest BCUT2D eigenvalue weighted by atomic mass is 9.97. The van der Waals surface area contributed by atoms with E-state index in [-0.39, 0.29) is 12.5 Å². The zero-order valence-corrected chi connectivity index (χ0v) is 12.3. The van der Waals surface area contributed by atoms with Crippen molar-refractivity contribution in [3.05, 3.63) is 41.5 Å². The van der Waals surface area contributed by atoms with E-state index in [1.807, 2.05) is 19.1 Å². The summed E-state index contributed by atoms with van der Waals surface area (Å²) in [7, 11) is 0. The highest BCUT2D eigenvalue weighted by atomic mass is 16.4. The molecule has 0 aliphatic heterocycles. The van der Waals surface area contributed by atoms with E-state index in [1.165, 1.54) is 11.3 Å². The van der Waals surface area contributed by atoms with Gasteiger partial charge in [-0.05, 0) is 44.7 Å². The summed E-state index contributed by atoms with van der Waals surface area (Å²) >= 11 is 0. The topological polar surface area (TPSA) is 57.6 Å². The Morgan fingerprint density at radius 1 is 1.19 bits per heavy atom. The highest BCUT2D eigenvalue weighted by molar-refractivity contribution is 5.98. The van der Waals surface area contributed by atoms with Gasteiger partial charge in [0.15, 0.2) is 0 Å². The SMILES string of the molecule is Cc1ccc(N(CC(=O)O)C(=O)CC2=CCCCC2)cc1. The van der Waals surface area contributed by atoms with Crippen LogP contribution in [0.5, 0.6) is 0 Å². The van der Waals surface area contributed by atoms with E-state index in [0.717, 1.165) is 30.4 Å². The maximum Gasteiger partial charge on any atom is 0.323 e. The lowest BCUT2D eigenvalue weighted by molar-refractivity contribution is -0.136. The fourth-order valence-corrected chi connectivity index (χ4v) is 2.54. The first kappa shape index (κ1) is 15.3. The third kappa shape index (κ3) is 4.45. The molecule has 1 amide bonds. The Morgan fingerprint density at radius 2 is 1.90 bits per heavy atom. The van der Waals surface area contributed by atoms with E-state index in [1.54, 1.807) is 12.1 Å². The highest BCUT2D eigenvalue weighted by Crippen LogP contribution is 2.23. The van der Waals surface area contributed by atoms with Crippen molar-refractivity contribution in [2.75, 3.05) is 11.4 Å². The average Bonchev–Trinajstić information content (AvgIpc) is 2.46. The molecular weight excluding hydrogens is 266 g/mol. The second-order valence-corrected chi connectivity index (χ2v) is 5.49. The molecular formula is C17H21NO3. The third-order valence-electron chi connectivity index (χ3n) is 3.70. The maximum atomic E-state index is 12.5. The Bertz CT molecular complexity index is 546. The molecule has 4 nitrogen and oxygen atoms in total. The van der Waals surface area contributed by atoms with E-state index in [9.17, 15) is 9.59 Å². The summed E-state index contributed by atoms with van der Waals surface area (Å²) in [6.45, 7) is 1.66. The molecule has 1 aromatic carbocycles. The first-order valence-corrected chi connectivity index (χ1v) is 7.33. The maximum absolute atomic E-state index is 12.5. The molecule has 1 N–H and O–H groups in total. The van der Waals surface area contributed by atoms with Crippen LogP contribution in [0.15, 0.2) is 35.9 Å². The number of carbonyl (C=O) groups is 2. The molecule has 0 unspecified atom stereocenters. The van der Waals surface area contributed by atoms with Crippen LogP contribution < -0.4 is 4.90 Å². The van der Waals surface area contributed by atoms with Gasteiger partial charge in [-0.15, -0.1) is 0 Å². The minimum absolute atomic E-state index is 0.144. The Morgan fingerprint density at radius 3 is 2.48 bits per heavy atom. The van der Waals surface area contributed by atoms with Gasteiger partial charge in [-0.1, -0.05) is 29.3 Å². The molecule has 4 heteroatoms. The minimum atomic E-state index is -0.999. The number of rotatable bonds is 5. The van der Waals surface area contributed by atoms with Gasteiger partial charge in [0, 0.05) is 12.1 Å². The summed E-state index contributed by atoms with van der Waals surface area (Å²) in [4.78, 5) is 24.9. The van der Waals surface area contributed by atoms with Gasteiger partial charge >= 0.3 is 5.97 Å². The van der Waals surface area contributed by atoms with Gasteiger partial charge in [0.05, 0.1) is 0 Å². The van der Waals surface area contributed by atoms with Crippen LogP contribution in [-0.2, 0) is 9.59 Å². The molecule has 0 saturated heterocycles. The van der Waals surface area contributed by atoms with Crippen molar-refractivity contribution in [1.29, 1.82) is 0 Å². The first-order valence-electron chi connectivity index (χ1n) is 7.33. The van der Waals surface area contributed by atoms with Gasteiger partial charge < -0.3 is 10.0 Å². The second-order valence-electron chi connectivity index (χ2n) is 5.49. The number of allylic oxidation sites excluding steroid dienone is 1. The summed E-state index contributed by atoms with van der Waals surface area (Å²) < 4.78 is 0. The van der Waals surface area contributed by atoms with Gasteiger partial charge in [-0.3, -0.25) is 9.59 Å².